The maximum atomic E-state index is 12.6. The molecular formula is C21H18ClN3O2S. The number of fused-ring (bicyclic) bond motifs is 1. The van der Waals surface area contributed by atoms with E-state index in [1.165, 1.54) is 11.3 Å². The van der Waals surface area contributed by atoms with Crippen molar-refractivity contribution in [2.45, 2.75) is 13.5 Å². The molecule has 2 aromatic heterocycles. The molecule has 0 atom stereocenters. The van der Waals surface area contributed by atoms with Crippen molar-refractivity contribution in [3.63, 3.8) is 0 Å². The number of ether oxygens (including phenoxy) is 1. The van der Waals surface area contributed by atoms with Crippen molar-refractivity contribution in [1.82, 2.24) is 15.1 Å². The van der Waals surface area contributed by atoms with Crippen LogP contribution in [0.4, 0.5) is 0 Å². The van der Waals surface area contributed by atoms with Gasteiger partial charge in [-0.25, -0.2) is 4.68 Å². The number of methoxy groups -OCH3 is 1. The van der Waals surface area contributed by atoms with Crippen LogP contribution in [0.5, 0.6) is 5.75 Å². The lowest BCUT2D eigenvalue weighted by Gasteiger charge is -2.05. The van der Waals surface area contributed by atoms with Crippen molar-refractivity contribution in [3.05, 3.63) is 75.8 Å². The van der Waals surface area contributed by atoms with Crippen LogP contribution in [0.3, 0.4) is 0 Å². The normalized spacial score (nSPS) is 11.0. The Hall–Kier alpha value is -2.83. The summed E-state index contributed by atoms with van der Waals surface area (Å²) in [6.07, 6.45) is 0. The van der Waals surface area contributed by atoms with Gasteiger partial charge in [-0.1, -0.05) is 23.7 Å². The number of hydrogen-bond donors (Lipinski definition) is 1. The van der Waals surface area contributed by atoms with Crippen molar-refractivity contribution in [3.8, 4) is 11.4 Å². The first kappa shape index (κ1) is 18.5. The molecular weight excluding hydrogens is 394 g/mol. The van der Waals surface area contributed by atoms with Crippen LogP contribution in [-0.2, 0) is 6.54 Å². The number of rotatable bonds is 5. The van der Waals surface area contributed by atoms with Crippen molar-refractivity contribution in [2.75, 3.05) is 7.11 Å². The maximum Gasteiger partial charge on any atom is 0.261 e. The highest BCUT2D eigenvalue weighted by atomic mass is 35.5. The second-order valence-electron chi connectivity index (χ2n) is 6.33. The molecule has 0 unspecified atom stereocenters. The Morgan fingerprint density at radius 1 is 1.18 bits per heavy atom. The van der Waals surface area contributed by atoms with Crippen LogP contribution < -0.4 is 10.1 Å². The van der Waals surface area contributed by atoms with E-state index in [4.69, 9.17) is 16.3 Å². The molecule has 2 heterocycles. The van der Waals surface area contributed by atoms with Gasteiger partial charge in [0.15, 0.2) is 0 Å². The monoisotopic (exact) mass is 411 g/mol. The van der Waals surface area contributed by atoms with E-state index in [1.54, 1.807) is 7.11 Å². The number of carbonyl (C=O) groups excluding carboxylic acids is 1. The van der Waals surface area contributed by atoms with E-state index in [0.29, 0.717) is 16.4 Å². The average molecular weight is 412 g/mol. The Bertz CT molecular complexity index is 1130. The molecule has 0 aliphatic carbocycles. The number of nitrogens with zero attached hydrogens (tertiary/aromatic N) is 2. The van der Waals surface area contributed by atoms with Crippen LogP contribution in [0.25, 0.3) is 15.9 Å². The highest BCUT2D eigenvalue weighted by Crippen LogP contribution is 2.30. The summed E-state index contributed by atoms with van der Waals surface area (Å²) in [6, 6.07) is 17.0. The molecule has 1 amide bonds. The molecule has 0 aliphatic rings. The van der Waals surface area contributed by atoms with Crippen LogP contribution in [0, 0.1) is 6.92 Å². The Balaban J connectivity index is 1.56. The minimum absolute atomic E-state index is 0.0981. The highest BCUT2D eigenvalue weighted by molar-refractivity contribution is 7.20. The van der Waals surface area contributed by atoms with Crippen molar-refractivity contribution >= 4 is 39.1 Å². The minimum atomic E-state index is -0.0981. The third-order valence-corrected chi connectivity index (χ3v) is 5.81. The van der Waals surface area contributed by atoms with E-state index in [1.807, 2.05) is 66.2 Å². The molecule has 0 saturated carbocycles. The number of hydrogen-bond acceptors (Lipinski definition) is 4. The summed E-state index contributed by atoms with van der Waals surface area (Å²) in [5.41, 5.74) is 2.81. The zero-order valence-corrected chi connectivity index (χ0v) is 17.0. The van der Waals surface area contributed by atoms with E-state index < -0.39 is 0 Å². The third kappa shape index (κ3) is 3.61. The first-order valence-electron chi connectivity index (χ1n) is 8.71. The van der Waals surface area contributed by atoms with Gasteiger partial charge in [0.2, 0.25) is 0 Å². The van der Waals surface area contributed by atoms with Crippen LogP contribution in [0.2, 0.25) is 5.02 Å². The number of benzene rings is 2. The summed E-state index contributed by atoms with van der Waals surface area (Å²) in [5, 5.41) is 9.23. The molecule has 5 nitrogen and oxygen atoms in total. The van der Waals surface area contributed by atoms with Gasteiger partial charge in [0, 0.05) is 17.0 Å². The van der Waals surface area contributed by atoms with E-state index >= 15 is 0 Å². The lowest BCUT2D eigenvalue weighted by molar-refractivity contribution is 0.0955. The summed E-state index contributed by atoms with van der Waals surface area (Å²) in [6.45, 7) is 2.40. The maximum absolute atomic E-state index is 12.6. The summed E-state index contributed by atoms with van der Waals surface area (Å²) < 4.78 is 7.01. The van der Waals surface area contributed by atoms with Crippen LogP contribution >= 0.6 is 22.9 Å². The fourth-order valence-corrected chi connectivity index (χ4v) is 4.15. The number of halogens is 1. The minimum Gasteiger partial charge on any atom is -0.497 e. The third-order valence-electron chi connectivity index (χ3n) is 4.45. The van der Waals surface area contributed by atoms with Crippen LogP contribution in [0.15, 0.2) is 54.6 Å². The molecule has 2 aromatic carbocycles. The number of amides is 1. The van der Waals surface area contributed by atoms with Gasteiger partial charge in [0.05, 0.1) is 23.4 Å². The molecule has 4 rings (SSSR count). The molecule has 7 heteroatoms. The summed E-state index contributed by atoms with van der Waals surface area (Å²) in [7, 11) is 1.63. The summed E-state index contributed by atoms with van der Waals surface area (Å²) in [5.74, 6) is 0.695. The van der Waals surface area contributed by atoms with Gasteiger partial charge >= 0.3 is 0 Å². The van der Waals surface area contributed by atoms with Gasteiger partial charge in [-0.3, -0.25) is 4.79 Å². The molecule has 0 radical (unpaired) electrons. The second-order valence-corrected chi connectivity index (χ2v) is 7.80. The van der Waals surface area contributed by atoms with E-state index in [2.05, 4.69) is 10.4 Å². The molecule has 142 valence electrons. The Morgan fingerprint density at radius 2 is 1.89 bits per heavy atom. The SMILES string of the molecule is COc1ccc(CNC(=O)c2cc3c(C)nn(-c4ccc(Cl)cc4)c3s2)cc1. The summed E-state index contributed by atoms with van der Waals surface area (Å²) >= 11 is 7.41. The van der Waals surface area contributed by atoms with Gasteiger partial charge in [-0.2, -0.15) is 5.10 Å². The smallest absolute Gasteiger partial charge is 0.261 e. The number of aryl methyl sites for hydroxylation is 1. The fraction of sp³-hybridized carbons (Fsp3) is 0.143. The Morgan fingerprint density at radius 3 is 2.57 bits per heavy atom. The second kappa shape index (κ2) is 7.66. The molecule has 0 fully saturated rings. The molecule has 0 spiro atoms. The first-order valence-corrected chi connectivity index (χ1v) is 9.91. The predicted molar refractivity (Wildman–Crippen MR) is 113 cm³/mol. The van der Waals surface area contributed by atoms with Crippen molar-refractivity contribution < 1.29 is 9.53 Å². The molecule has 1 N–H and O–H groups in total. The zero-order chi connectivity index (χ0) is 19.7. The quantitative estimate of drug-likeness (QED) is 0.503. The predicted octanol–water partition coefficient (Wildman–Crippen LogP) is 4.99. The fourth-order valence-electron chi connectivity index (χ4n) is 2.93. The van der Waals surface area contributed by atoms with E-state index in [0.717, 1.165) is 32.9 Å². The number of thiophene rings is 1. The van der Waals surface area contributed by atoms with Gasteiger partial charge in [0.1, 0.15) is 10.6 Å². The van der Waals surface area contributed by atoms with Gasteiger partial charge in [-0.15, -0.1) is 11.3 Å². The van der Waals surface area contributed by atoms with Gasteiger partial charge < -0.3 is 10.1 Å². The number of nitrogens with one attached hydrogen (secondary N) is 1. The van der Waals surface area contributed by atoms with Gasteiger partial charge in [0.25, 0.3) is 5.91 Å². The standard InChI is InChI=1S/C21H18ClN3O2S/c1-13-18-11-19(20(26)23-12-14-3-9-17(27-2)10-4-14)28-21(18)25(24-13)16-7-5-15(22)6-8-16/h3-11H,12H2,1-2H3,(H,23,26). The van der Waals surface area contributed by atoms with Gasteiger partial charge in [-0.05, 0) is 55.0 Å². The number of aromatic nitrogens is 2. The zero-order valence-electron chi connectivity index (χ0n) is 15.4. The van der Waals surface area contributed by atoms with Crippen LogP contribution in [-0.4, -0.2) is 22.8 Å². The number of carbonyl (C=O) groups is 1. The topological polar surface area (TPSA) is 56.1 Å². The Kier molecular flexibility index (Phi) is 5.07. The molecule has 0 aliphatic heterocycles. The average Bonchev–Trinajstić information content (AvgIpc) is 3.28. The van der Waals surface area contributed by atoms with E-state index in [-0.39, 0.29) is 5.91 Å². The van der Waals surface area contributed by atoms with Crippen LogP contribution in [0.1, 0.15) is 20.9 Å². The molecule has 0 saturated heterocycles. The molecule has 4 aromatic rings. The first-order chi connectivity index (χ1) is 13.5. The Labute approximate surface area is 171 Å². The van der Waals surface area contributed by atoms with E-state index in [9.17, 15) is 4.79 Å². The van der Waals surface area contributed by atoms with Crippen molar-refractivity contribution in [1.29, 1.82) is 0 Å². The van der Waals surface area contributed by atoms with Crippen molar-refractivity contribution in [2.24, 2.45) is 0 Å². The molecule has 28 heavy (non-hydrogen) atoms. The lowest BCUT2D eigenvalue weighted by Crippen LogP contribution is -2.21. The largest absolute Gasteiger partial charge is 0.497 e. The molecule has 0 bridgehead atoms. The lowest BCUT2D eigenvalue weighted by atomic mass is 10.2. The summed E-state index contributed by atoms with van der Waals surface area (Å²) in [4.78, 5) is 14.2. The highest BCUT2D eigenvalue weighted by Gasteiger charge is 2.17.